The van der Waals surface area contributed by atoms with E-state index in [0.29, 0.717) is 12.8 Å². The Morgan fingerprint density at radius 3 is 1.62 bits per heavy atom. The van der Waals surface area contributed by atoms with Crippen molar-refractivity contribution in [2.45, 2.75) is 134 Å². The minimum absolute atomic E-state index is 0.0543. The van der Waals surface area contributed by atoms with Crippen molar-refractivity contribution in [1.82, 2.24) is 4.53 Å². The zero-order valence-electron chi connectivity index (χ0n) is 20.8. The number of aryl methyl sites for hydroxylation is 1. The number of hydrogen-bond donors (Lipinski definition) is 0. The van der Waals surface area contributed by atoms with Crippen LogP contribution in [0.5, 0.6) is 0 Å². The van der Waals surface area contributed by atoms with Crippen molar-refractivity contribution >= 4 is 10.0 Å². The number of hydrogen-bond acceptors (Lipinski definition) is 2. The van der Waals surface area contributed by atoms with Gasteiger partial charge in [0.2, 0.25) is 0 Å². The van der Waals surface area contributed by atoms with Gasteiger partial charge in [-0.05, 0) is 35.4 Å². The van der Waals surface area contributed by atoms with Crippen LogP contribution in [0.25, 0.3) is 0 Å². The molecule has 0 fully saturated rings. The van der Waals surface area contributed by atoms with E-state index in [2.05, 4.69) is 13.8 Å². The van der Waals surface area contributed by atoms with E-state index in [-0.39, 0.29) is 16.0 Å². The van der Waals surface area contributed by atoms with Gasteiger partial charge in [-0.3, -0.25) is 0 Å². The third-order valence-electron chi connectivity index (χ3n) is 6.25. The third-order valence-corrected chi connectivity index (χ3v) is 7.91. The zero-order chi connectivity index (χ0) is 23.5. The molecule has 1 rings (SSSR count). The molecule has 0 aliphatic rings. The minimum Gasteiger partial charge on any atom is -0.205 e. The highest BCUT2D eigenvalue weighted by Crippen LogP contribution is 2.23. The maximum absolute atomic E-state index is 14.5. The fourth-order valence-corrected chi connectivity index (χ4v) is 5.52. The minimum atomic E-state index is -4.06. The van der Waals surface area contributed by atoms with Crippen molar-refractivity contribution < 1.29 is 12.9 Å². The predicted molar refractivity (Wildman–Crippen MR) is 135 cm³/mol. The van der Waals surface area contributed by atoms with Crippen LogP contribution in [0.1, 0.15) is 129 Å². The van der Waals surface area contributed by atoms with Crippen LogP contribution in [-0.2, 0) is 16.4 Å². The first-order chi connectivity index (χ1) is 15.5. The molecule has 0 N–H and O–H groups in total. The molecule has 0 saturated carbocycles. The molecule has 0 unspecified atom stereocenters. The number of sulfonamides is 1. The van der Waals surface area contributed by atoms with Crippen LogP contribution in [0.15, 0.2) is 29.2 Å². The molecule has 0 bridgehead atoms. The first-order valence-corrected chi connectivity index (χ1v) is 14.7. The van der Waals surface area contributed by atoms with E-state index in [0.717, 1.165) is 37.7 Å². The lowest BCUT2D eigenvalue weighted by Crippen LogP contribution is -2.25. The monoisotopic (exact) mass is 469 g/mol. The molecular weight excluding hydrogens is 421 g/mol. The number of benzene rings is 1. The topological polar surface area (TPSA) is 37.4 Å². The molecule has 0 aromatic heterocycles. The smallest absolute Gasteiger partial charge is 0.205 e. The highest BCUT2D eigenvalue weighted by Gasteiger charge is 2.26. The van der Waals surface area contributed by atoms with Gasteiger partial charge in [0.05, 0.1) is 4.90 Å². The van der Waals surface area contributed by atoms with Gasteiger partial charge >= 0.3 is 0 Å². The highest BCUT2D eigenvalue weighted by atomic mass is 32.2. The molecule has 3 nitrogen and oxygen atoms in total. The molecule has 0 aliphatic carbocycles. The Labute approximate surface area is 198 Å². The molecule has 0 amide bonds. The van der Waals surface area contributed by atoms with Crippen LogP contribution in [-0.4, -0.2) is 19.5 Å². The molecule has 1 aromatic carbocycles. The standard InChI is InChI=1S/C27H48FNO2S/c1-3-5-7-9-11-12-13-14-15-16-18-22-26-23-19-20-24-27(26)32(30,31)29(28)25-21-17-10-8-6-4-2/h19-20,23-24H,3-18,21-22,25H2,1-2H3. The predicted octanol–water partition coefficient (Wildman–Crippen LogP) is 8.78. The maximum Gasteiger partial charge on any atom is 0.269 e. The van der Waals surface area contributed by atoms with E-state index in [1.54, 1.807) is 12.1 Å². The number of rotatable bonds is 21. The Kier molecular flexibility index (Phi) is 16.8. The lowest BCUT2D eigenvalue weighted by molar-refractivity contribution is 0.136. The van der Waals surface area contributed by atoms with Crippen LogP contribution >= 0.6 is 0 Å². The van der Waals surface area contributed by atoms with Crippen molar-refractivity contribution in [2.24, 2.45) is 0 Å². The average Bonchev–Trinajstić information content (AvgIpc) is 2.79. The summed E-state index contributed by atoms with van der Waals surface area (Å²) in [7, 11) is -4.06. The van der Waals surface area contributed by atoms with Gasteiger partial charge in [-0.25, -0.2) is 8.42 Å². The second-order valence-corrected chi connectivity index (χ2v) is 11.0. The summed E-state index contributed by atoms with van der Waals surface area (Å²) < 4.78 is 40.1. The number of unbranched alkanes of at least 4 members (excludes halogenated alkanes) is 15. The first-order valence-electron chi connectivity index (χ1n) is 13.3. The number of nitrogens with zero attached hydrogens (tertiary/aromatic N) is 1. The van der Waals surface area contributed by atoms with Gasteiger partial charge in [0.1, 0.15) is 0 Å². The van der Waals surface area contributed by atoms with E-state index in [4.69, 9.17) is 0 Å². The maximum atomic E-state index is 14.5. The molecule has 1 aromatic rings. The first kappa shape index (κ1) is 29.1. The quantitative estimate of drug-likeness (QED) is 0.133. The summed E-state index contributed by atoms with van der Waals surface area (Å²) in [5.74, 6) is 0. The molecule has 0 radical (unpaired) electrons. The second-order valence-electron chi connectivity index (χ2n) is 9.18. The van der Waals surface area contributed by atoms with Crippen molar-refractivity contribution in [3.63, 3.8) is 0 Å². The Bertz CT molecular complexity index is 678. The van der Waals surface area contributed by atoms with Gasteiger partial charge in [0.25, 0.3) is 10.0 Å². The zero-order valence-corrected chi connectivity index (χ0v) is 21.6. The van der Waals surface area contributed by atoms with Crippen LogP contribution < -0.4 is 0 Å². The summed E-state index contributed by atoms with van der Waals surface area (Å²) in [6.07, 6.45) is 20.5. The lowest BCUT2D eigenvalue weighted by Gasteiger charge is -2.15. The van der Waals surface area contributed by atoms with Crippen molar-refractivity contribution in [1.29, 1.82) is 0 Å². The Hall–Kier alpha value is -0.940. The van der Waals surface area contributed by atoms with Gasteiger partial charge in [0, 0.05) is 6.54 Å². The fraction of sp³-hybridized carbons (Fsp3) is 0.778. The van der Waals surface area contributed by atoms with Gasteiger partial charge in [-0.1, -0.05) is 128 Å². The average molecular weight is 470 g/mol. The molecule has 0 atom stereocenters. The van der Waals surface area contributed by atoms with E-state index in [9.17, 15) is 12.9 Å². The van der Waals surface area contributed by atoms with E-state index in [1.807, 2.05) is 12.1 Å². The van der Waals surface area contributed by atoms with E-state index < -0.39 is 10.0 Å². The summed E-state index contributed by atoms with van der Waals surface area (Å²) in [5, 5.41) is 0. The molecule has 5 heteroatoms. The van der Waals surface area contributed by atoms with Crippen LogP contribution in [0.3, 0.4) is 0 Å². The molecule has 0 spiro atoms. The summed E-state index contributed by atoms with van der Waals surface area (Å²) in [6, 6.07) is 6.93. The Morgan fingerprint density at radius 2 is 1.09 bits per heavy atom. The van der Waals surface area contributed by atoms with Crippen LogP contribution in [0, 0.1) is 0 Å². The molecule has 186 valence electrons. The molecule has 32 heavy (non-hydrogen) atoms. The van der Waals surface area contributed by atoms with Crippen LogP contribution in [0.2, 0.25) is 0 Å². The third kappa shape index (κ3) is 12.3. The van der Waals surface area contributed by atoms with E-state index in [1.165, 1.54) is 70.6 Å². The molecule has 0 heterocycles. The Balaban J connectivity index is 2.34. The van der Waals surface area contributed by atoms with Crippen molar-refractivity contribution in [2.75, 3.05) is 6.54 Å². The number of halogens is 1. The van der Waals surface area contributed by atoms with Gasteiger partial charge < -0.3 is 0 Å². The summed E-state index contributed by atoms with van der Waals surface area (Å²) >= 11 is 0. The summed E-state index contributed by atoms with van der Waals surface area (Å²) in [4.78, 5) is 0.139. The highest BCUT2D eigenvalue weighted by molar-refractivity contribution is 7.89. The SMILES string of the molecule is CCCCCCCCCCCCCc1ccccc1S(=O)(=O)N(F)CCCCCCCC. The molecular formula is C27H48FNO2S. The second kappa shape index (κ2) is 18.5. The van der Waals surface area contributed by atoms with E-state index >= 15 is 0 Å². The summed E-state index contributed by atoms with van der Waals surface area (Å²) in [5.41, 5.74) is 0.744. The van der Waals surface area contributed by atoms with Gasteiger partial charge in [-0.15, -0.1) is 4.48 Å². The fourth-order valence-electron chi connectivity index (χ4n) is 4.19. The van der Waals surface area contributed by atoms with Gasteiger partial charge in [0.15, 0.2) is 0 Å². The summed E-state index contributed by atoms with van der Waals surface area (Å²) in [6.45, 7) is 4.35. The normalized spacial score (nSPS) is 12.0. The van der Waals surface area contributed by atoms with Crippen molar-refractivity contribution in [3.8, 4) is 0 Å². The lowest BCUT2D eigenvalue weighted by atomic mass is 10.0. The largest absolute Gasteiger partial charge is 0.269 e. The molecule has 0 saturated heterocycles. The van der Waals surface area contributed by atoms with Gasteiger partial charge in [-0.2, -0.15) is 0 Å². The van der Waals surface area contributed by atoms with Crippen molar-refractivity contribution in [3.05, 3.63) is 29.8 Å². The molecule has 0 aliphatic heterocycles. The Morgan fingerprint density at radius 1 is 0.656 bits per heavy atom. The van der Waals surface area contributed by atoms with Crippen LogP contribution in [0.4, 0.5) is 4.48 Å².